The van der Waals surface area contributed by atoms with Gasteiger partial charge in [-0.15, -0.1) is 0 Å². The molecule has 0 aliphatic carbocycles. The van der Waals surface area contributed by atoms with Gasteiger partial charge in [-0.3, -0.25) is 4.79 Å². The fourth-order valence-electron chi connectivity index (χ4n) is 3.81. The maximum absolute atomic E-state index is 12.1. The molecule has 0 spiro atoms. The number of hydrogen-bond acceptors (Lipinski definition) is 5. The van der Waals surface area contributed by atoms with Crippen molar-refractivity contribution in [2.45, 2.75) is 13.3 Å². The Morgan fingerprint density at radius 1 is 0.806 bits per heavy atom. The van der Waals surface area contributed by atoms with E-state index >= 15 is 0 Å². The van der Waals surface area contributed by atoms with Gasteiger partial charge in [-0.2, -0.15) is 0 Å². The molecule has 0 saturated carbocycles. The summed E-state index contributed by atoms with van der Waals surface area (Å²) in [6.45, 7) is 3.58. The molecule has 188 valence electrons. The van der Waals surface area contributed by atoms with E-state index in [2.05, 4.69) is 46.6 Å². The number of nitrogens with one attached hydrogen (secondary N) is 1. The first-order valence-corrected chi connectivity index (χ1v) is 12.2. The van der Waals surface area contributed by atoms with Crippen molar-refractivity contribution in [3.8, 4) is 5.75 Å². The lowest BCUT2D eigenvalue weighted by Crippen LogP contribution is -2.33. The second kappa shape index (κ2) is 13.9. The third-order valence-electron chi connectivity index (χ3n) is 5.56. The number of likely N-dealkylation sites (N-methyl/N-ethyl adjacent to an activating group) is 1. The van der Waals surface area contributed by atoms with Crippen molar-refractivity contribution in [3.05, 3.63) is 102 Å². The van der Waals surface area contributed by atoms with Crippen LogP contribution < -0.4 is 10.1 Å². The fourth-order valence-corrected chi connectivity index (χ4v) is 3.81. The minimum absolute atomic E-state index is 0.161. The summed E-state index contributed by atoms with van der Waals surface area (Å²) >= 11 is 0. The van der Waals surface area contributed by atoms with Gasteiger partial charge < -0.3 is 19.7 Å². The summed E-state index contributed by atoms with van der Waals surface area (Å²) in [6, 6.07) is 28.4. The Morgan fingerprint density at radius 2 is 1.39 bits per heavy atom. The van der Waals surface area contributed by atoms with E-state index in [9.17, 15) is 9.59 Å². The van der Waals surface area contributed by atoms with Gasteiger partial charge in [0, 0.05) is 13.1 Å². The topological polar surface area (TPSA) is 67.9 Å². The standard InChI is InChI=1S/C30H34N2O4/c1-4-35-30(34)29(33)31-20-19-27(23-11-7-5-8-12-23)28(24-13-9-6-10-14-24)25-15-17-26(18-16-25)36-22-21-32(2)3/h5-18H,4,19-22H2,1-3H3,(H,31,33)/b28-27-. The number of esters is 1. The summed E-state index contributed by atoms with van der Waals surface area (Å²) in [5.74, 6) is -0.781. The second-order valence-corrected chi connectivity index (χ2v) is 8.49. The fraction of sp³-hybridized carbons (Fsp3) is 0.267. The Morgan fingerprint density at radius 3 is 1.97 bits per heavy atom. The van der Waals surface area contributed by atoms with Crippen LogP contribution in [-0.4, -0.2) is 57.2 Å². The first-order chi connectivity index (χ1) is 17.5. The summed E-state index contributed by atoms with van der Waals surface area (Å²) in [7, 11) is 4.04. The molecule has 0 radical (unpaired) electrons. The van der Waals surface area contributed by atoms with Crippen molar-refractivity contribution in [1.82, 2.24) is 10.2 Å². The van der Waals surface area contributed by atoms with E-state index in [0.717, 1.165) is 40.1 Å². The summed E-state index contributed by atoms with van der Waals surface area (Å²) in [5, 5.41) is 2.70. The van der Waals surface area contributed by atoms with Crippen LogP contribution in [0.5, 0.6) is 5.75 Å². The molecule has 0 aliphatic heterocycles. The predicted octanol–water partition coefficient (Wildman–Crippen LogP) is 4.66. The highest BCUT2D eigenvalue weighted by Crippen LogP contribution is 2.35. The van der Waals surface area contributed by atoms with Crippen molar-refractivity contribution in [2.24, 2.45) is 0 Å². The molecule has 0 bridgehead atoms. The summed E-state index contributed by atoms with van der Waals surface area (Å²) in [5.41, 5.74) is 5.28. The van der Waals surface area contributed by atoms with E-state index in [4.69, 9.17) is 9.47 Å². The second-order valence-electron chi connectivity index (χ2n) is 8.49. The quantitative estimate of drug-likeness (QED) is 0.243. The molecule has 0 aliphatic rings. The molecule has 6 heteroatoms. The summed E-state index contributed by atoms with van der Waals surface area (Å²) in [4.78, 5) is 25.9. The largest absolute Gasteiger partial charge is 0.492 e. The van der Waals surface area contributed by atoms with E-state index in [-0.39, 0.29) is 6.61 Å². The number of carbonyl (C=O) groups excluding carboxylic acids is 2. The summed E-state index contributed by atoms with van der Waals surface area (Å²) in [6.07, 6.45) is 0.528. The van der Waals surface area contributed by atoms with Crippen molar-refractivity contribution < 1.29 is 19.1 Å². The third kappa shape index (κ3) is 7.82. The molecular formula is C30H34N2O4. The minimum Gasteiger partial charge on any atom is -0.492 e. The minimum atomic E-state index is -0.865. The van der Waals surface area contributed by atoms with Crippen molar-refractivity contribution in [2.75, 3.05) is 40.4 Å². The molecule has 0 atom stereocenters. The average molecular weight is 487 g/mol. The van der Waals surface area contributed by atoms with Crippen LogP contribution in [0, 0.1) is 0 Å². The molecule has 3 rings (SSSR count). The normalized spacial score (nSPS) is 11.6. The van der Waals surface area contributed by atoms with Crippen LogP contribution in [0.15, 0.2) is 84.9 Å². The van der Waals surface area contributed by atoms with Gasteiger partial charge >= 0.3 is 11.9 Å². The van der Waals surface area contributed by atoms with Crippen LogP contribution in [0.3, 0.4) is 0 Å². The number of nitrogens with zero attached hydrogens (tertiary/aromatic N) is 1. The predicted molar refractivity (Wildman–Crippen MR) is 144 cm³/mol. The van der Waals surface area contributed by atoms with Crippen LogP contribution >= 0.6 is 0 Å². The van der Waals surface area contributed by atoms with Gasteiger partial charge in [-0.05, 0) is 67.4 Å². The first-order valence-electron chi connectivity index (χ1n) is 12.2. The number of hydrogen-bond donors (Lipinski definition) is 1. The number of amides is 1. The molecular weight excluding hydrogens is 452 g/mol. The molecule has 3 aromatic rings. The Hall–Kier alpha value is -3.90. The van der Waals surface area contributed by atoms with E-state index < -0.39 is 11.9 Å². The number of ether oxygens (including phenoxy) is 2. The van der Waals surface area contributed by atoms with Gasteiger partial charge in [0.15, 0.2) is 0 Å². The van der Waals surface area contributed by atoms with Gasteiger partial charge in [-0.25, -0.2) is 4.79 Å². The summed E-state index contributed by atoms with van der Waals surface area (Å²) < 4.78 is 10.7. The lowest BCUT2D eigenvalue weighted by molar-refractivity contribution is -0.154. The Kier molecular flexibility index (Phi) is 10.3. The highest BCUT2D eigenvalue weighted by atomic mass is 16.5. The van der Waals surface area contributed by atoms with Crippen molar-refractivity contribution >= 4 is 23.0 Å². The SMILES string of the molecule is CCOC(=O)C(=O)NCC/C(=C(\c1ccccc1)c1ccc(OCCN(C)C)cc1)c1ccccc1. The number of benzene rings is 3. The number of rotatable bonds is 11. The maximum Gasteiger partial charge on any atom is 0.396 e. The molecule has 0 aromatic heterocycles. The molecule has 1 amide bonds. The average Bonchev–Trinajstić information content (AvgIpc) is 2.90. The van der Waals surface area contributed by atoms with Gasteiger partial charge in [0.25, 0.3) is 0 Å². The van der Waals surface area contributed by atoms with Crippen LogP contribution in [0.25, 0.3) is 11.1 Å². The zero-order chi connectivity index (χ0) is 25.8. The Labute approximate surface area is 213 Å². The lowest BCUT2D eigenvalue weighted by atomic mass is 9.88. The maximum atomic E-state index is 12.1. The highest BCUT2D eigenvalue weighted by Gasteiger charge is 2.17. The zero-order valence-electron chi connectivity index (χ0n) is 21.2. The number of carbonyl (C=O) groups is 2. The van der Waals surface area contributed by atoms with Gasteiger partial charge in [0.05, 0.1) is 6.61 Å². The zero-order valence-corrected chi connectivity index (χ0v) is 21.2. The van der Waals surface area contributed by atoms with Crippen LogP contribution in [0.1, 0.15) is 30.0 Å². The van der Waals surface area contributed by atoms with E-state index in [1.165, 1.54) is 0 Å². The van der Waals surface area contributed by atoms with Gasteiger partial charge in [0.2, 0.25) is 0 Å². The Bertz CT molecular complexity index is 1140. The van der Waals surface area contributed by atoms with Crippen LogP contribution in [0.4, 0.5) is 0 Å². The van der Waals surface area contributed by atoms with Crippen LogP contribution in [0.2, 0.25) is 0 Å². The monoisotopic (exact) mass is 486 g/mol. The molecule has 1 N–H and O–H groups in total. The van der Waals surface area contributed by atoms with Crippen LogP contribution in [-0.2, 0) is 14.3 Å². The van der Waals surface area contributed by atoms with Crippen molar-refractivity contribution in [1.29, 1.82) is 0 Å². The molecule has 0 saturated heterocycles. The third-order valence-corrected chi connectivity index (χ3v) is 5.56. The molecule has 0 unspecified atom stereocenters. The van der Waals surface area contributed by atoms with E-state index in [1.54, 1.807) is 6.92 Å². The van der Waals surface area contributed by atoms with Crippen molar-refractivity contribution in [3.63, 3.8) is 0 Å². The molecule has 0 fully saturated rings. The van der Waals surface area contributed by atoms with E-state index in [1.807, 2.05) is 62.6 Å². The molecule has 36 heavy (non-hydrogen) atoms. The lowest BCUT2D eigenvalue weighted by Gasteiger charge is -2.18. The highest BCUT2D eigenvalue weighted by molar-refractivity contribution is 6.32. The molecule has 0 heterocycles. The smallest absolute Gasteiger partial charge is 0.396 e. The Balaban J connectivity index is 1.97. The van der Waals surface area contributed by atoms with Gasteiger partial charge in [-0.1, -0.05) is 72.8 Å². The van der Waals surface area contributed by atoms with Gasteiger partial charge in [0.1, 0.15) is 12.4 Å². The molecule has 6 nitrogen and oxygen atoms in total. The van der Waals surface area contributed by atoms with E-state index in [0.29, 0.717) is 19.6 Å². The molecule has 3 aromatic carbocycles. The first kappa shape index (κ1) is 26.7.